The number of rotatable bonds is 22. The van der Waals surface area contributed by atoms with E-state index in [4.69, 9.17) is 30.3 Å². The molecule has 15 rings (SSSR count). The first-order valence-corrected chi connectivity index (χ1v) is 36.3. The molecule has 4 amide bonds. The van der Waals surface area contributed by atoms with Gasteiger partial charge >= 0.3 is 29.8 Å². The smallest absolute Gasteiger partial charge is 0.352 e. The quantitative estimate of drug-likeness (QED) is 0.0121. The predicted octanol–water partition coefficient (Wildman–Crippen LogP) is 14.1. The van der Waals surface area contributed by atoms with Gasteiger partial charge in [-0.1, -0.05) is 154 Å². The van der Waals surface area contributed by atoms with Crippen LogP contribution in [0.15, 0.2) is 102 Å². The van der Waals surface area contributed by atoms with Gasteiger partial charge in [0.25, 0.3) is 23.6 Å². The maximum Gasteiger partial charge on any atom is 0.352 e. The van der Waals surface area contributed by atoms with E-state index in [0.29, 0.717) is 101 Å². The Labute approximate surface area is 582 Å². The van der Waals surface area contributed by atoms with E-state index in [-0.39, 0.29) is 46.1 Å². The van der Waals surface area contributed by atoms with Gasteiger partial charge in [0.2, 0.25) is 11.0 Å². The number of cyclic esters (lactones) is 4. The second kappa shape index (κ2) is 31.0. The molecule has 0 unspecified atom stereocenters. The van der Waals surface area contributed by atoms with Gasteiger partial charge in [-0.3, -0.25) is 43.7 Å². The Kier molecular flexibility index (Phi) is 22.1. The summed E-state index contributed by atoms with van der Waals surface area (Å²) in [5, 5.41) is 15.8. The Morgan fingerprint density at radius 2 is 0.782 bits per heavy atom. The van der Waals surface area contributed by atoms with Crippen LogP contribution in [0, 0.1) is 6.92 Å². The van der Waals surface area contributed by atoms with Crippen LogP contribution in [0.4, 0.5) is 0 Å². The third kappa shape index (κ3) is 14.0. The summed E-state index contributed by atoms with van der Waals surface area (Å²) >= 11 is 0. The van der Waals surface area contributed by atoms with Crippen LogP contribution in [0.25, 0.3) is 86.7 Å². The van der Waals surface area contributed by atoms with E-state index in [2.05, 4.69) is 30.7 Å². The second-order valence-corrected chi connectivity index (χ2v) is 27.2. The van der Waals surface area contributed by atoms with E-state index in [1.54, 1.807) is 67.8 Å². The minimum atomic E-state index is -4.27. The third-order valence-corrected chi connectivity index (χ3v) is 19.9. The Balaban J connectivity index is 0.000000158. The molecular weight excluding hydrogens is 1310 g/mol. The number of unbranched alkanes of at least 4 members (excludes halogenated alkanes) is 15. The predicted molar refractivity (Wildman–Crippen MR) is 380 cm³/mol. The Hall–Kier alpha value is -10.4. The molecule has 4 aliphatic heterocycles. The number of H-pyrrole nitrogens is 2. The van der Waals surface area contributed by atoms with Gasteiger partial charge in [0, 0.05) is 86.1 Å². The molecule has 0 atom stereocenters. The summed E-state index contributed by atoms with van der Waals surface area (Å²) in [6, 6.07) is 19.9. The number of aliphatic carboxylic acids is 1. The van der Waals surface area contributed by atoms with Gasteiger partial charge in [-0.05, 0) is 81.3 Å². The SMILES string of the molecule is CCC(=O)O.CCCCCCCCN.CCCCCCCCN1C(=O)c2ccc3c4ncc5c6c(ccc(c7ncc(c2c37)C1=O)c64)C(=O)N(CCCCCCCC)C5=O.Cc1ccc(S(=O)(=O)[O-])cc1.O=C1OC(=O)c2c[nH+]c3c4ccc5c6c(c[nH+]c(c7ccc1c2c73)c64)C(=O)OC5=O. The molecule has 522 valence electrons. The average Bonchev–Trinajstić information content (AvgIpc) is 0.699. The molecule has 0 aliphatic carbocycles. The van der Waals surface area contributed by atoms with Gasteiger partial charge in [0.05, 0.1) is 59.7 Å². The van der Waals surface area contributed by atoms with Crippen molar-refractivity contribution in [3.05, 3.63) is 148 Å². The molecule has 0 fully saturated rings. The first-order valence-electron chi connectivity index (χ1n) is 34.9. The van der Waals surface area contributed by atoms with E-state index in [0.717, 1.165) is 83.0 Å². The number of nitrogens with one attached hydrogen (secondary N) is 2. The summed E-state index contributed by atoms with van der Waals surface area (Å²) in [5.41, 5.74) is 11.9. The number of amides is 4. The van der Waals surface area contributed by atoms with E-state index in [1.807, 2.05) is 19.1 Å². The van der Waals surface area contributed by atoms with Crippen molar-refractivity contribution in [2.24, 2.45) is 5.73 Å². The number of fused-ring (bicyclic) bond motifs is 4. The molecule has 7 aromatic carbocycles. The lowest BCUT2D eigenvalue weighted by molar-refractivity contribution is -0.345. The van der Waals surface area contributed by atoms with Crippen molar-refractivity contribution < 1.29 is 80.7 Å². The number of carboxylic acid groups (broad SMARTS) is 1. The number of pyridine rings is 4. The Bertz CT molecular complexity index is 4730. The lowest BCUT2D eigenvalue weighted by Crippen LogP contribution is -2.41. The summed E-state index contributed by atoms with van der Waals surface area (Å²) in [5.74, 6) is -4.72. The highest BCUT2D eigenvalue weighted by atomic mass is 32.2. The van der Waals surface area contributed by atoms with Crippen LogP contribution < -0.4 is 15.7 Å². The van der Waals surface area contributed by atoms with E-state index < -0.39 is 40.0 Å². The fourth-order valence-electron chi connectivity index (χ4n) is 13.9. The van der Waals surface area contributed by atoms with Crippen LogP contribution >= 0.6 is 0 Å². The minimum absolute atomic E-state index is 0.178. The number of esters is 4. The van der Waals surface area contributed by atoms with Crippen LogP contribution in [0.2, 0.25) is 0 Å². The maximum absolute atomic E-state index is 13.7. The van der Waals surface area contributed by atoms with Crippen molar-refractivity contribution in [1.29, 1.82) is 0 Å². The molecule has 0 bridgehead atoms. The standard InChI is InChI=1S/C38H40N4O4.C22H6N2O6.C8H19N.C7H8O3S.C3H6O2/c1-3-5-7-9-11-13-19-41-35(43)25-17-15-23-31-29(25)27(37(41)45)21-39-33(31)24-16-18-26-30-28(22-40-34(23)32(24)30)38(46)42(36(26)44)20-14-12-10-8-6-4-2;25-19-9-3-1-7-15-13(9)11(21(27)29-19)6-24-18(15)8-2-4-10-14-12(22(28)30-20(10)26)5-23-17(7)16(8)14;1-2-3-4-5-6-7-8-9;1-6-2-4-7(5-3-6)11(8,9)10;1-2-3(4)5/h15-18,21-22H,3-14,19-20H2,1-2H3;1-6H;2-9H2,1H3;2-5H,1H3,(H,8,9,10);2H2,1H3,(H,4,5)/p+1. The topological polar surface area (TPSA) is 336 Å². The number of carbonyl (C=O) groups excluding carboxylic acids is 8. The van der Waals surface area contributed by atoms with Crippen LogP contribution in [0.3, 0.4) is 0 Å². The molecule has 4 aliphatic rings. The third-order valence-electron chi connectivity index (χ3n) is 19.1. The zero-order valence-electron chi connectivity index (χ0n) is 57.2. The van der Waals surface area contributed by atoms with Crippen molar-refractivity contribution in [3.8, 4) is 0 Å². The van der Waals surface area contributed by atoms with Crippen molar-refractivity contribution in [2.75, 3.05) is 19.6 Å². The number of aromatic amines is 2. The molecule has 0 saturated carbocycles. The number of ether oxygens (including phenoxy) is 2. The number of carboxylic acids is 1. The number of hydrogen-bond acceptors (Lipinski definition) is 17. The van der Waals surface area contributed by atoms with Gasteiger partial charge in [-0.15, -0.1) is 0 Å². The van der Waals surface area contributed by atoms with Gasteiger partial charge in [-0.2, -0.15) is 0 Å². The van der Waals surface area contributed by atoms with Gasteiger partial charge in [0.15, 0.2) is 12.4 Å². The zero-order valence-corrected chi connectivity index (χ0v) is 58.0. The number of nitrogens with two attached hydrogens (primary N) is 1. The highest BCUT2D eigenvalue weighted by molar-refractivity contribution is 7.85. The molecule has 22 nitrogen and oxygen atoms in total. The number of aryl methyl sites for hydroxylation is 1. The van der Waals surface area contributed by atoms with Crippen molar-refractivity contribution >= 4 is 150 Å². The molecule has 0 saturated heterocycles. The monoisotopic (exact) mass is 1390 g/mol. The number of imide groups is 2. The van der Waals surface area contributed by atoms with Crippen LogP contribution in [-0.2, 0) is 24.4 Å². The fourth-order valence-corrected chi connectivity index (χ4v) is 14.4. The summed E-state index contributed by atoms with van der Waals surface area (Å²) in [6.07, 6.45) is 27.3. The van der Waals surface area contributed by atoms with Crippen molar-refractivity contribution in [1.82, 2.24) is 19.8 Å². The molecule has 0 radical (unpaired) electrons. The first-order chi connectivity index (χ1) is 48.7. The molecule has 101 heavy (non-hydrogen) atoms. The fraction of sp³-hybridized carbons (Fsp3) is 0.346. The van der Waals surface area contributed by atoms with Crippen molar-refractivity contribution in [2.45, 2.75) is 162 Å². The molecule has 4 aromatic heterocycles. The van der Waals surface area contributed by atoms with Crippen molar-refractivity contribution in [3.63, 3.8) is 0 Å². The van der Waals surface area contributed by atoms with Gasteiger partial charge in [-0.25, -0.2) is 37.6 Å². The summed E-state index contributed by atoms with van der Waals surface area (Å²) in [4.78, 5) is 132. The molecule has 5 N–H and O–H groups in total. The van der Waals surface area contributed by atoms with Crippen LogP contribution in [-0.4, -0.2) is 111 Å². The summed E-state index contributed by atoms with van der Waals surface area (Å²) in [6.45, 7) is 11.7. The maximum atomic E-state index is 13.7. The molecular formula is C78H80N7O15S+. The summed E-state index contributed by atoms with van der Waals surface area (Å²) < 4.78 is 40.9. The minimum Gasteiger partial charge on any atom is -0.744 e. The first kappa shape index (κ1) is 71.9. The number of benzene rings is 7. The van der Waals surface area contributed by atoms with E-state index in [9.17, 15) is 56.1 Å². The number of hydrogen-bond donors (Lipinski definition) is 2. The Morgan fingerprint density at radius 3 is 1.16 bits per heavy atom. The average molecular weight is 1390 g/mol. The largest absolute Gasteiger partial charge is 0.744 e. The van der Waals surface area contributed by atoms with Crippen LogP contribution in [0.5, 0.6) is 0 Å². The lowest BCUT2D eigenvalue weighted by Gasteiger charge is -2.29. The zero-order chi connectivity index (χ0) is 72.0. The molecule has 8 heterocycles. The van der Waals surface area contributed by atoms with Crippen LogP contribution in [0.1, 0.15) is 238 Å². The number of nitrogens with zero attached hydrogens (tertiary/aromatic N) is 4. The number of aromatic nitrogens is 4. The molecule has 11 aromatic rings. The normalized spacial score (nSPS) is 13.8. The highest BCUT2D eigenvalue weighted by Gasteiger charge is 2.40. The molecule has 23 heteroatoms. The second-order valence-electron chi connectivity index (χ2n) is 25.8. The lowest BCUT2D eigenvalue weighted by atomic mass is 9.86. The number of carbonyl (C=O) groups is 9. The van der Waals surface area contributed by atoms with Gasteiger partial charge < -0.3 is 24.9 Å². The Morgan fingerprint density at radius 1 is 0.446 bits per heavy atom. The summed E-state index contributed by atoms with van der Waals surface area (Å²) in [7, 11) is -4.27. The van der Waals surface area contributed by atoms with Gasteiger partial charge in [0.1, 0.15) is 21.2 Å². The highest BCUT2D eigenvalue weighted by Crippen LogP contribution is 2.46. The molecule has 0 spiro atoms. The van der Waals surface area contributed by atoms with E-state index >= 15 is 0 Å². The van der Waals surface area contributed by atoms with E-state index in [1.165, 1.54) is 111 Å².